The maximum absolute atomic E-state index is 12.8. The number of methoxy groups -OCH3 is 1. The zero-order valence-electron chi connectivity index (χ0n) is 16.9. The number of ether oxygens (including phenoxy) is 1. The molecule has 0 saturated carbocycles. The van der Waals surface area contributed by atoms with Crippen molar-refractivity contribution in [3.63, 3.8) is 0 Å². The number of benzene rings is 1. The molecule has 1 aromatic carbocycles. The Morgan fingerprint density at radius 3 is 2.52 bits per heavy atom. The molecule has 156 valence electrons. The molecule has 0 saturated heterocycles. The molecule has 10 heteroatoms. The zero-order chi connectivity index (χ0) is 21.8. The first-order valence-electron chi connectivity index (χ1n) is 8.88. The van der Waals surface area contributed by atoms with Gasteiger partial charge in [0.1, 0.15) is 6.54 Å². The van der Waals surface area contributed by atoms with Gasteiger partial charge in [-0.1, -0.05) is 23.9 Å². The molecule has 0 spiro atoms. The number of rotatable bonds is 5. The van der Waals surface area contributed by atoms with Crippen LogP contribution >= 0.6 is 11.8 Å². The van der Waals surface area contributed by atoms with Crippen LogP contribution < -0.4 is 16.2 Å². The lowest BCUT2D eigenvalue weighted by atomic mass is 10.1. The molecule has 2 aromatic rings. The normalized spacial score (nSPS) is 12.3. The second-order valence-corrected chi connectivity index (χ2v) is 8.64. The van der Waals surface area contributed by atoms with Crippen LogP contribution in [0.4, 0.5) is 4.79 Å². The van der Waals surface area contributed by atoms with Crippen LogP contribution in [0.3, 0.4) is 0 Å². The summed E-state index contributed by atoms with van der Waals surface area (Å²) in [5.74, 6) is -1.17. The van der Waals surface area contributed by atoms with Crippen molar-refractivity contribution in [3.05, 3.63) is 34.6 Å². The Hall–Kier alpha value is -2.88. The number of carbonyl (C=O) groups is 3. The van der Waals surface area contributed by atoms with E-state index < -0.39 is 34.3 Å². The van der Waals surface area contributed by atoms with Crippen molar-refractivity contribution < 1.29 is 19.1 Å². The lowest BCUT2D eigenvalue weighted by molar-refractivity contribution is -0.141. The van der Waals surface area contributed by atoms with Gasteiger partial charge in [0.15, 0.2) is 5.16 Å². The number of aromatic nitrogens is 2. The van der Waals surface area contributed by atoms with Gasteiger partial charge in [0, 0.05) is 5.54 Å². The summed E-state index contributed by atoms with van der Waals surface area (Å²) in [5.41, 5.74) is -0.470. The quantitative estimate of drug-likeness (QED) is 0.429. The number of nitrogens with one attached hydrogen (secondary N) is 2. The average Bonchev–Trinajstić information content (AvgIpc) is 2.62. The van der Waals surface area contributed by atoms with Crippen LogP contribution in [-0.2, 0) is 20.9 Å². The van der Waals surface area contributed by atoms with Crippen LogP contribution in [0, 0.1) is 0 Å². The number of thioether (sulfide) groups is 1. The molecule has 0 bridgehead atoms. The van der Waals surface area contributed by atoms with Crippen LogP contribution in [0.15, 0.2) is 34.2 Å². The Balaban J connectivity index is 2.30. The SMILES string of the molecule is COC(=O)Cn1c(S[C@@H](C)C(=O)NC(=O)NC(C)(C)C)nc2ccccc2c1=O. The Kier molecular flexibility index (Phi) is 7.02. The molecule has 1 aromatic heterocycles. The van der Waals surface area contributed by atoms with E-state index in [0.29, 0.717) is 10.9 Å². The fourth-order valence-corrected chi connectivity index (χ4v) is 3.28. The number of imide groups is 1. The highest BCUT2D eigenvalue weighted by Gasteiger charge is 2.23. The van der Waals surface area contributed by atoms with Gasteiger partial charge in [0.05, 0.1) is 23.3 Å². The summed E-state index contributed by atoms with van der Waals surface area (Å²) in [7, 11) is 1.22. The standard InChI is InChI=1S/C19H24N4O5S/c1-11(15(25)21-17(27)22-19(2,3)4)29-18-20-13-9-7-6-8-12(13)16(26)23(18)10-14(24)28-5/h6-9,11H,10H2,1-5H3,(H2,21,22,25,27)/t11-/m0/s1. The van der Waals surface area contributed by atoms with E-state index in [2.05, 4.69) is 20.4 Å². The predicted octanol–water partition coefficient (Wildman–Crippen LogP) is 1.67. The van der Waals surface area contributed by atoms with Gasteiger partial charge < -0.3 is 10.1 Å². The van der Waals surface area contributed by atoms with Gasteiger partial charge in [0.2, 0.25) is 5.91 Å². The summed E-state index contributed by atoms with van der Waals surface area (Å²) < 4.78 is 5.82. The second-order valence-electron chi connectivity index (χ2n) is 7.33. The molecule has 2 rings (SSSR count). The summed E-state index contributed by atoms with van der Waals surface area (Å²) in [6.45, 7) is 6.61. The molecule has 3 amide bonds. The Bertz CT molecular complexity index is 996. The molecule has 1 atom stereocenters. The van der Waals surface area contributed by atoms with Crippen molar-refractivity contribution in [2.45, 2.75) is 50.2 Å². The number of hydrogen-bond acceptors (Lipinski definition) is 7. The third-order valence-electron chi connectivity index (χ3n) is 3.72. The molecule has 0 unspecified atom stereocenters. The molecule has 29 heavy (non-hydrogen) atoms. The van der Waals surface area contributed by atoms with E-state index in [4.69, 9.17) is 0 Å². The lowest BCUT2D eigenvalue weighted by Crippen LogP contribution is -2.49. The number of esters is 1. The fourth-order valence-electron chi connectivity index (χ4n) is 2.37. The molecule has 0 aliphatic carbocycles. The summed E-state index contributed by atoms with van der Waals surface area (Å²) in [4.78, 5) is 53.3. The maximum Gasteiger partial charge on any atom is 0.325 e. The van der Waals surface area contributed by atoms with Crippen LogP contribution in [0.2, 0.25) is 0 Å². The summed E-state index contributed by atoms with van der Waals surface area (Å²) >= 11 is 0.972. The molecule has 1 heterocycles. The number of hydrogen-bond donors (Lipinski definition) is 2. The summed E-state index contributed by atoms with van der Waals surface area (Å²) in [6.07, 6.45) is 0. The van der Waals surface area contributed by atoms with Gasteiger partial charge in [-0.25, -0.2) is 9.78 Å². The van der Waals surface area contributed by atoms with E-state index in [0.717, 1.165) is 16.3 Å². The molecule has 2 N–H and O–H groups in total. The summed E-state index contributed by atoms with van der Waals surface area (Å²) in [6, 6.07) is 6.10. The monoisotopic (exact) mass is 420 g/mol. The third kappa shape index (κ3) is 6.05. The second kappa shape index (κ2) is 9.08. The first-order valence-corrected chi connectivity index (χ1v) is 9.76. The van der Waals surface area contributed by atoms with Gasteiger partial charge >= 0.3 is 12.0 Å². The number of para-hydroxylation sites is 1. The molecule has 0 aliphatic heterocycles. The highest BCUT2D eigenvalue weighted by atomic mass is 32.2. The Morgan fingerprint density at radius 1 is 1.24 bits per heavy atom. The predicted molar refractivity (Wildman–Crippen MR) is 110 cm³/mol. The molecule has 9 nitrogen and oxygen atoms in total. The minimum atomic E-state index is -0.752. The van der Waals surface area contributed by atoms with Gasteiger partial charge in [-0.2, -0.15) is 0 Å². The topological polar surface area (TPSA) is 119 Å². The van der Waals surface area contributed by atoms with Crippen molar-refractivity contribution in [3.8, 4) is 0 Å². The van der Waals surface area contributed by atoms with Gasteiger partial charge in [-0.05, 0) is 39.8 Å². The minimum Gasteiger partial charge on any atom is -0.468 e. The van der Waals surface area contributed by atoms with Crippen LogP contribution in [-0.4, -0.2) is 45.4 Å². The third-order valence-corrected chi connectivity index (χ3v) is 4.81. The first kappa shape index (κ1) is 22.4. The Morgan fingerprint density at radius 2 is 1.90 bits per heavy atom. The number of nitrogens with zero attached hydrogens (tertiary/aromatic N) is 2. The van der Waals surface area contributed by atoms with E-state index >= 15 is 0 Å². The largest absolute Gasteiger partial charge is 0.468 e. The number of amides is 3. The van der Waals surface area contributed by atoms with Crippen molar-refractivity contribution >= 4 is 40.6 Å². The smallest absolute Gasteiger partial charge is 0.325 e. The van der Waals surface area contributed by atoms with Gasteiger partial charge in [-0.3, -0.25) is 24.3 Å². The lowest BCUT2D eigenvalue weighted by Gasteiger charge is -2.21. The van der Waals surface area contributed by atoms with Crippen molar-refractivity contribution in [1.82, 2.24) is 20.2 Å². The molecule has 0 aliphatic rings. The highest BCUT2D eigenvalue weighted by molar-refractivity contribution is 8.00. The molecular weight excluding hydrogens is 396 g/mol. The highest BCUT2D eigenvalue weighted by Crippen LogP contribution is 2.22. The summed E-state index contributed by atoms with van der Waals surface area (Å²) in [5, 5.41) is 4.67. The van der Waals surface area contributed by atoms with Crippen molar-refractivity contribution in [2.75, 3.05) is 7.11 Å². The van der Waals surface area contributed by atoms with Crippen LogP contribution in [0.25, 0.3) is 10.9 Å². The van der Waals surface area contributed by atoms with E-state index in [1.54, 1.807) is 52.0 Å². The zero-order valence-corrected chi connectivity index (χ0v) is 17.8. The van der Waals surface area contributed by atoms with Crippen LogP contribution in [0.5, 0.6) is 0 Å². The minimum absolute atomic E-state index is 0.179. The van der Waals surface area contributed by atoms with Crippen LogP contribution in [0.1, 0.15) is 27.7 Å². The van der Waals surface area contributed by atoms with Gasteiger partial charge in [-0.15, -0.1) is 0 Å². The van der Waals surface area contributed by atoms with E-state index in [-0.39, 0.29) is 11.7 Å². The number of fused-ring (bicyclic) bond motifs is 1. The van der Waals surface area contributed by atoms with Crippen molar-refractivity contribution in [1.29, 1.82) is 0 Å². The average molecular weight is 420 g/mol. The number of urea groups is 1. The van der Waals surface area contributed by atoms with Crippen molar-refractivity contribution in [2.24, 2.45) is 0 Å². The van der Waals surface area contributed by atoms with E-state index in [1.807, 2.05) is 0 Å². The molecule has 0 fully saturated rings. The molecule has 0 radical (unpaired) electrons. The van der Waals surface area contributed by atoms with E-state index in [1.165, 1.54) is 7.11 Å². The van der Waals surface area contributed by atoms with Gasteiger partial charge in [0.25, 0.3) is 5.56 Å². The number of carbonyl (C=O) groups excluding carboxylic acids is 3. The Labute approximate surface area is 172 Å². The van der Waals surface area contributed by atoms with E-state index in [9.17, 15) is 19.2 Å². The first-order chi connectivity index (χ1) is 13.5. The molecular formula is C19H24N4O5S. The fraction of sp³-hybridized carbons (Fsp3) is 0.421. The maximum atomic E-state index is 12.8.